The number of nitrogen functional groups attached to an aromatic ring is 1. The maximum atomic E-state index is 12.7. The molecule has 1 saturated heterocycles. The Bertz CT molecular complexity index is 1480. The van der Waals surface area contributed by atoms with Gasteiger partial charge >= 0.3 is 0 Å². The van der Waals surface area contributed by atoms with Crippen molar-refractivity contribution in [2.75, 3.05) is 12.3 Å². The lowest BCUT2D eigenvalue weighted by Crippen LogP contribution is -2.31. The number of imidazole rings is 1. The first kappa shape index (κ1) is 24.1. The molecule has 190 valence electrons. The number of phenolic OH excluding ortho intramolecular Hbond substituents is 2. The van der Waals surface area contributed by atoms with Crippen LogP contribution in [0.15, 0.2) is 61.5 Å². The highest BCUT2D eigenvalue weighted by Crippen LogP contribution is 2.35. The molecule has 4 atom stereocenters. The Balaban J connectivity index is 1.25. The molecule has 0 spiro atoms. The first-order valence-corrected chi connectivity index (χ1v) is 11.2. The van der Waals surface area contributed by atoms with Crippen LogP contribution in [0.25, 0.3) is 22.3 Å². The van der Waals surface area contributed by atoms with Crippen LogP contribution in [-0.2, 0) is 4.74 Å². The molecule has 0 unspecified atom stereocenters. The van der Waals surface area contributed by atoms with E-state index in [4.69, 9.17) is 10.5 Å². The van der Waals surface area contributed by atoms with E-state index in [0.29, 0.717) is 22.3 Å². The number of nitrogens with one attached hydrogen (secondary N) is 1. The number of pyridine rings is 1. The summed E-state index contributed by atoms with van der Waals surface area (Å²) in [6.07, 6.45) is 4.43. The number of rotatable bonds is 6. The molecule has 7 N–H and O–H groups in total. The zero-order chi connectivity index (χ0) is 26.1. The first-order valence-electron chi connectivity index (χ1n) is 11.2. The molecular formula is C24H23N7O6. The van der Waals surface area contributed by atoms with Crippen molar-refractivity contribution in [1.29, 1.82) is 0 Å². The number of amides is 1. The van der Waals surface area contributed by atoms with E-state index in [-0.39, 0.29) is 17.9 Å². The molecule has 0 saturated carbocycles. The van der Waals surface area contributed by atoms with Crippen LogP contribution in [0.3, 0.4) is 0 Å². The number of anilines is 1. The van der Waals surface area contributed by atoms with Crippen molar-refractivity contribution in [3.8, 4) is 22.6 Å². The summed E-state index contributed by atoms with van der Waals surface area (Å²) in [4.78, 5) is 28.8. The molecule has 1 aromatic carbocycles. The molecule has 37 heavy (non-hydrogen) atoms. The summed E-state index contributed by atoms with van der Waals surface area (Å²) >= 11 is 0. The minimum absolute atomic E-state index is 0.0175. The molecule has 0 radical (unpaired) electrons. The molecule has 1 fully saturated rings. The van der Waals surface area contributed by atoms with Gasteiger partial charge < -0.3 is 36.2 Å². The summed E-state index contributed by atoms with van der Waals surface area (Å²) in [6, 6.07) is 6.23. The molecule has 13 heteroatoms. The number of aliphatic hydroxyl groups is 2. The minimum atomic E-state index is -1.28. The average molecular weight is 505 g/mol. The third-order valence-electron chi connectivity index (χ3n) is 5.99. The van der Waals surface area contributed by atoms with E-state index >= 15 is 0 Å². The summed E-state index contributed by atoms with van der Waals surface area (Å²) in [5.41, 5.74) is 7.62. The minimum Gasteiger partial charge on any atom is -0.504 e. The van der Waals surface area contributed by atoms with Crippen molar-refractivity contribution in [3.05, 3.63) is 67.0 Å². The highest BCUT2D eigenvalue weighted by molar-refractivity contribution is 5.99. The lowest BCUT2D eigenvalue weighted by Gasteiger charge is -2.16. The number of aromatic nitrogens is 5. The third kappa shape index (κ3) is 4.53. The molecule has 4 heterocycles. The van der Waals surface area contributed by atoms with Gasteiger partial charge in [0.15, 0.2) is 29.2 Å². The number of fused-ring (bicyclic) bond motifs is 1. The number of nitrogens with zero attached hydrogens (tertiary/aromatic N) is 5. The quantitative estimate of drug-likeness (QED) is 0.157. The van der Waals surface area contributed by atoms with E-state index in [2.05, 4.69) is 25.3 Å². The van der Waals surface area contributed by atoms with E-state index in [1.54, 1.807) is 24.5 Å². The van der Waals surface area contributed by atoms with Crippen LogP contribution in [0.4, 0.5) is 5.82 Å². The summed E-state index contributed by atoms with van der Waals surface area (Å²) in [5, 5.41) is 43.9. The van der Waals surface area contributed by atoms with Crippen molar-refractivity contribution in [1.82, 2.24) is 29.8 Å². The molecule has 3 aromatic heterocycles. The number of benzene rings is 1. The number of carbonyl (C=O) groups is 1. The highest BCUT2D eigenvalue weighted by atomic mass is 16.6. The molecule has 0 aliphatic carbocycles. The largest absolute Gasteiger partial charge is 0.504 e. The van der Waals surface area contributed by atoms with Crippen LogP contribution in [0.1, 0.15) is 16.6 Å². The van der Waals surface area contributed by atoms with Gasteiger partial charge in [-0.05, 0) is 35.4 Å². The second kappa shape index (κ2) is 9.81. The SMILES string of the molecule is Nc1ncnc2c1ncn2[C@@H]1O[C@H](/C=C/CNC(=O)c2cc(-c3ccncc3)cc(O)c2O)[C@@H](O)[C@H]1O. The summed E-state index contributed by atoms with van der Waals surface area (Å²) in [7, 11) is 0. The van der Waals surface area contributed by atoms with E-state index in [9.17, 15) is 25.2 Å². The van der Waals surface area contributed by atoms with Crippen LogP contribution >= 0.6 is 0 Å². The van der Waals surface area contributed by atoms with Gasteiger partial charge in [-0.1, -0.05) is 12.2 Å². The van der Waals surface area contributed by atoms with Crippen LogP contribution in [-0.4, -0.2) is 75.7 Å². The van der Waals surface area contributed by atoms with Gasteiger partial charge in [-0.25, -0.2) is 15.0 Å². The number of aliphatic hydroxyl groups excluding tert-OH is 2. The number of hydrogen-bond acceptors (Lipinski definition) is 11. The average Bonchev–Trinajstić information content (AvgIpc) is 3.45. The second-order valence-corrected chi connectivity index (χ2v) is 8.32. The fourth-order valence-corrected chi connectivity index (χ4v) is 4.08. The summed E-state index contributed by atoms with van der Waals surface area (Å²) in [6.45, 7) is 0.0175. The van der Waals surface area contributed by atoms with Gasteiger partial charge in [0.25, 0.3) is 5.91 Å². The number of nitrogens with two attached hydrogens (primary N) is 1. The fourth-order valence-electron chi connectivity index (χ4n) is 4.08. The molecule has 1 aliphatic heterocycles. The molecule has 13 nitrogen and oxygen atoms in total. The number of phenols is 2. The van der Waals surface area contributed by atoms with Gasteiger partial charge in [-0.15, -0.1) is 0 Å². The third-order valence-corrected chi connectivity index (χ3v) is 5.99. The Morgan fingerprint density at radius 3 is 2.68 bits per heavy atom. The molecule has 1 aliphatic rings. The maximum absolute atomic E-state index is 12.7. The topological polar surface area (TPSA) is 202 Å². The predicted molar refractivity (Wildman–Crippen MR) is 130 cm³/mol. The van der Waals surface area contributed by atoms with Crippen molar-refractivity contribution in [3.63, 3.8) is 0 Å². The Morgan fingerprint density at radius 2 is 1.89 bits per heavy atom. The van der Waals surface area contributed by atoms with Crippen molar-refractivity contribution in [2.24, 2.45) is 0 Å². The molecule has 0 bridgehead atoms. The lowest BCUT2D eigenvalue weighted by molar-refractivity contribution is -0.0245. The Labute approximate surface area is 209 Å². The van der Waals surface area contributed by atoms with Gasteiger partial charge in [0.05, 0.1) is 11.9 Å². The van der Waals surface area contributed by atoms with Crippen LogP contribution in [0, 0.1) is 0 Å². The van der Waals surface area contributed by atoms with Crippen LogP contribution in [0.2, 0.25) is 0 Å². The van der Waals surface area contributed by atoms with Gasteiger partial charge in [-0.2, -0.15) is 0 Å². The van der Waals surface area contributed by atoms with Gasteiger partial charge in [0, 0.05) is 18.9 Å². The summed E-state index contributed by atoms with van der Waals surface area (Å²) < 4.78 is 7.27. The van der Waals surface area contributed by atoms with Gasteiger partial charge in [-0.3, -0.25) is 14.3 Å². The number of carbonyl (C=O) groups excluding carboxylic acids is 1. The zero-order valence-corrected chi connectivity index (χ0v) is 19.2. The van der Waals surface area contributed by atoms with E-state index in [1.165, 1.54) is 41.5 Å². The fraction of sp³-hybridized carbons (Fsp3) is 0.208. The van der Waals surface area contributed by atoms with E-state index in [0.717, 1.165) is 0 Å². The Kier molecular flexibility index (Phi) is 6.40. The lowest BCUT2D eigenvalue weighted by atomic mass is 10.0. The smallest absolute Gasteiger partial charge is 0.255 e. The summed E-state index contributed by atoms with van der Waals surface area (Å²) in [5.74, 6) is -1.43. The Hall–Kier alpha value is -4.59. The highest BCUT2D eigenvalue weighted by Gasteiger charge is 2.43. The second-order valence-electron chi connectivity index (χ2n) is 8.32. The molecule has 4 aromatic rings. The van der Waals surface area contributed by atoms with Crippen LogP contribution < -0.4 is 11.1 Å². The monoisotopic (exact) mass is 505 g/mol. The van der Waals surface area contributed by atoms with Gasteiger partial charge in [0.1, 0.15) is 30.2 Å². The standard InChI is InChI=1S/C24H23N7O6/c25-21-17-22(29-10-28-21)31(11-30-17)24-20(35)19(34)16(37-24)2-1-5-27-23(36)14-8-13(9-15(32)18(14)33)12-3-6-26-7-4-12/h1-4,6-11,16,19-20,24,32-35H,5H2,(H,27,36)(H2,25,28,29)/b2-1+/t16-,19-,20-,24-/m1/s1. The van der Waals surface area contributed by atoms with E-state index in [1.807, 2.05) is 0 Å². The molecule has 5 rings (SSSR count). The number of aromatic hydroxyl groups is 2. The predicted octanol–water partition coefficient (Wildman–Crippen LogP) is 0.487. The zero-order valence-electron chi connectivity index (χ0n) is 19.2. The van der Waals surface area contributed by atoms with Crippen molar-refractivity contribution >= 4 is 22.9 Å². The first-order chi connectivity index (χ1) is 17.8. The molecular weight excluding hydrogens is 482 g/mol. The van der Waals surface area contributed by atoms with Crippen molar-refractivity contribution < 1.29 is 30.0 Å². The van der Waals surface area contributed by atoms with Gasteiger partial charge in [0.2, 0.25) is 0 Å². The number of hydrogen-bond donors (Lipinski definition) is 6. The molecule has 1 amide bonds. The van der Waals surface area contributed by atoms with Crippen molar-refractivity contribution in [2.45, 2.75) is 24.5 Å². The number of ether oxygens (including phenoxy) is 1. The maximum Gasteiger partial charge on any atom is 0.255 e. The van der Waals surface area contributed by atoms with Crippen LogP contribution in [0.5, 0.6) is 11.5 Å². The van der Waals surface area contributed by atoms with E-state index < -0.39 is 41.9 Å². The Morgan fingerprint density at radius 1 is 1.11 bits per heavy atom. The normalized spacial score (nSPS) is 21.6.